The fraction of sp³-hybridized carbons (Fsp3) is 0.0800. The van der Waals surface area contributed by atoms with E-state index in [-0.39, 0.29) is 22.2 Å². The summed E-state index contributed by atoms with van der Waals surface area (Å²) in [6, 6.07) is 15.7. The lowest BCUT2D eigenvalue weighted by Crippen LogP contribution is -2.27. The van der Waals surface area contributed by atoms with Crippen molar-refractivity contribution in [2.45, 2.75) is 6.54 Å². The zero-order chi connectivity index (χ0) is 25.1. The van der Waals surface area contributed by atoms with Gasteiger partial charge in [-0.15, -0.1) is 0 Å². The molecule has 0 aliphatic carbocycles. The highest BCUT2D eigenvalue weighted by molar-refractivity contribution is 14.1. The number of nitrogens with zero attached hydrogens (tertiary/aromatic N) is 1. The standard InChI is InChI=1S/C25H16ClFINO5S/c1-33-20-10-14(9-19(28)22(20)34-24(31)15-5-3-2-4-6-15)11-21-23(30)29(25(32)35-21)13-16-7-8-17(27)12-18(16)26/h2-12H,13H2,1H3/b21-11-. The molecule has 0 bridgehead atoms. The summed E-state index contributed by atoms with van der Waals surface area (Å²) in [5, 5.41) is -0.329. The molecule has 10 heteroatoms. The molecule has 35 heavy (non-hydrogen) atoms. The average Bonchev–Trinajstić information content (AvgIpc) is 3.09. The predicted octanol–water partition coefficient (Wildman–Crippen LogP) is 6.55. The van der Waals surface area contributed by atoms with Gasteiger partial charge in [-0.05, 0) is 88.0 Å². The molecular formula is C25H16ClFINO5S. The number of amides is 2. The SMILES string of the molecule is COc1cc(/C=C2\SC(=O)N(Cc3ccc(F)cc3Cl)C2=O)cc(I)c1OC(=O)c1ccccc1. The summed E-state index contributed by atoms with van der Waals surface area (Å²) < 4.78 is 24.9. The van der Waals surface area contributed by atoms with Crippen molar-refractivity contribution in [1.29, 1.82) is 0 Å². The van der Waals surface area contributed by atoms with Gasteiger partial charge in [0.15, 0.2) is 11.5 Å². The highest BCUT2D eigenvalue weighted by Crippen LogP contribution is 2.38. The van der Waals surface area contributed by atoms with Crippen LogP contribution in [0.5, 0.6) is 11.5 Å². The minimum Gasteiger partial charge on any atom is -0.493 e. The number of hydrogen-bond acceptors (Lipinski definition) is 6. The molecule has 1 heterocycles. The van der Waals surface area contributed by atoms with Crippen molar-refractivity contribution in [3.8, 4) is 11.5 Å². The van der Waals surface area contributed by atoms with Crippen LogP contribution in [0.2, 0.25) is 5.02 Å². The summed E-state index contributed by atoms with van der Waals surface area (Å²) in [5.74, 6) is -0.985. The Balaban J connectivity index is 1.57. The minimum atomic E-state index is -0.532. The second kappa shape index (κ2) is 10.8. The van der Waals surface area contributed by atoms with Crippen molar-refractivity contribution >= 4 is 69.1 Å². The van der Waals surface area contributed by atoms with Gasteiger partial charge in [-0.1, -0.05) is 35.9 Å². The van der Waals surface area contributed by atoms with Crippen LogP contribution in [0.3, 0.4) is 0 Å². The maximum Gasteiger partial charge on any atom is 0.343 e. The molecule has 0 unspecified atom stereocenters. The largest absolute Gasteiger partial charge is 0.493 e. The number of hydrogen-bond donors (Lipinski definition) is 0. The monoisotopic (exact) mass is 623 g/mol. The molecule has 4 rings (SSSR count). The second-order valence-electron chi connectivity index (χ2n) is 7.29. The molecule has 2 amide bonds. The van der Waals surface area contributed by atoms with Gasteiger partial charge in [-0.2, -0.15) is 0 Å². The van der Waals surface area contributed by atoms with Gasteiger partial charge < -0.3 is 9.47 Å². The second-order valence-corrected chi connectivity index (χ2v) is 9.86. The zero-order valence-corrected chi connectivity index (χ0v) is 21.8. The summed E-state index contributed by atoms with van der Waals surface area (Å²) in [5.41, 5.74) is 1.43. The minimum absolute atomic E-state index is 0.0731. The van der Waals surface area contributed by atoms with E-state index in [9.17, 15) is 18.8 Å². The fourth-order valence-corrected chi connectivity index (χ4v) is 5.06. The molecule has 3 aromatic carbocycles. The van der Waals surface area contributed by atoms with Crippen LogP contribution >= 0.6 is 46.0 Å². The molecule has 1 aliphatic heterocycles. The third kappa shape index (κ3) is 5.68. The first-order valence-corrected chi connectivity index (χ1v) is 12.4. The Bertz CT molecular complexity index is 1370. The van der Waals surface area contributed by atoms with Crippen LogP contribution in [-0.4, -0.2) is 29.1 Å². The van der Waals surface area contributed by atoms with E-state index in [1.54, 1.807) is 48.5 Å². The van der Waals surface area contributed by atoms with Crippen molar-refractivity contribution in [2.75, 3.05) is 7.11 Å². The number of methoxy groups -OCH3 is 1. The number of esters is 1. The molecule has 178 valence electrons. The van der Waals surface area contributed by atoms with Gasteiger partial charge in [0.05, 0.1) is 27.7 Å². The van der Waals surface area contributed by atoms with Crippen LogP contribution in [-0.2, 0) is 11.3 Å². The van der Waals surface area contributed by atoms with Crippen LogP contribution in [0.25, 0.3) is 6.08 Å². The first kappa shape index (κ1) is 25.2. The number of halogens is 3. The van der Waals surface area contributed by atoms with Crippen LogP contribution in [0.4, 0.5) is 9.18 Å². The number of rotatable bonds is 6. The Morgan fingerprint density at radius 2 is 1.89 bits per heavy atom. The van der Waals surface area contributed by atoms with Crippen LogP contribution in [0, 0.1) is 9.39 Å². The van der Waals surface area contributed by atoms with E-state index in [4.69, 9.17) is 21.1 Å². The molecule has 0 spiro atoms. The van der Waals surface area contributed by atoms with Crippen molar-refractivity contribution in [2.24, 2.45) is 0 Å². The Morgan fingerprint density at radius 1 is 1.14 bits per heavy atom. The highest BCUT2D eigenvalue weighted by atomic mass is 127. The topological polar surface area (TPSA) is 72.9 Å². The molecule has 3 aromatic rings. The normalized spacial score (nSPS) is 14.5. The molecule has 0 atom stereocenters. The van der Waals surface area contributed by atoms with Gasteiger partial charge >= 0.3 is 5.97 Å². The smallest absolute Gasteiger partial charge is 0.343 e. The van der Waals surface area contributed by atoms with E-state index in [2.05, 4.69) is 0 Å². The van der Waals surface area contributed by atoms with Crippen LogP contribution < -0.4 is 9.47 Å². The van der Waals surface area contributed by atoms with Gasteiger partial charge in [-0.3, -0.25) is 14.5 Å². The van der Waals surface area contributed by atoms with Gasteiger partial charge in [0.1, 0.15) is 5.82 Å². The van der Waals surface area contributed by atoms with E-state index >= 15 is 0 Å². The van der Waals surface area contributed by atoms with Gasteiger partial charge in [0.2, 0.25) is 0 Å². The van der Waals surface area contributed by atoms with Gasteiger partial charge in [0, 0.05) is 5.02 Å². The molecule has 1 aliphatic rings. The number of benzene rings is 3. The molecule has 0 N–H and O–H groups in total. The lowest BCUT2D eigenvalue weighted by Gasteiger charge is -2.14. The van der Waals surface area contributed by atoms with E-state index in [0.717, 1.165) is 22.7 Å². The quantitative estimate of drug-likeness (QED) is 0.134. The third-order valence-corrected chi connectivity index (χ3v) is 7.03. The first-order chi connectivity index (χ1) is 16.8. The average molecular weight is 624 g/mol. The Kier molecular flexibility index (Phi) is 7.78. The summed E-state index contributed by atoms with van der Waals surface area (Å²) in [7, 11) is 1.44. The van der Waals surface area contributed by atoms with E-state index < -0.39 is 22.9 Å². The Morgan fingerprint density at radius 3 is 2.57 bits per heavy atom. The Labute approximate surface area is 223 Å². The fourth-order valence-electron chi connectivity index (χ4n) is 3.26. The molecule has 6 nitrogen and oxygen atoms in total. The third-order valence-electron chi connectivity index (χ3n) is 4.97. The van der Waals surface area contributed by atoms with E-state index in [1.807, 2.05) is 22.6 Å². The van der Waals surface area contributed by atoms with Crippen LogP contribution in [0.1, 0.15) is 21.5 Å². The van der Waals surface area contributed by atoms with Crippen molar-refractivity contribution < 1.29 is 28.2 Å². The molecule has 1 saturated heterocycles. The van der Waals surface area contributed by atoms with E-state index in [0.29, 0.717) is 26.0 Å². The Hall–Kier alpha value is -2.89. The van der Waals surface area contributed by atoms with Crippen molar-refractivity contribution in [3.63, 3.8) is 0 Å². The van der Waals surface area contributed by atoms with Crippen molar-refractivity contribution in [3.05, 3.63) is 96.7 Å². The summed E-state index contributed by atoms with van der Waals surface area (Å²) in [6.45, 7) is -0.0731. The van der Waals surface area contributed by atoms with Gasteiger partial charge in [0.25, 0.3) is 11.1 Å². The maximum absolute atomic E-state index is 13.3. The molecule has 0 aromatic heterocycles. The number of carbonyl (C=O) groups excluding carboxylic acids is 3. The van der Waals surface area contributed by atoms with Crippen molar-refractivity contribution in [1.82, 2.24) is 4.90 Å². The molecular weight excluding hydrogens is 608 g/mol. The lowest BCUT2D eigenvalue weighted by molar-refractivity contribution is -0.123. The van der Waals surface area contributed by atoms with E-state index in [1.165, 1.54) is 19.2 Å². The number of carbonyl (C=O) groups is 3. The molecule has 0 saturated carbocycles. The molecule has 1 fully saturated rings. The number of imide groups is 1. The summed E-state index contributed by atoms with van der Waals surface area (Å²) in [6.07, 6.45) is 1.56. The van der Waals surface area contributed by atoms with Gasteiger partial charge in [-0.25, -0.2) is 9.18 Å². The lowest BCUT2D eigenvalue weighted by atomic mass is 10.1. The highest BCUT2D eigenvalue weighted by Gasteiger charge is 2.35. The summed E-state index contributed by atoms with van der Waals surface area (Å²) >= 11 is 8.85. The number of thioether (sulfide) groups is 1. The predicted molar refractivity (Wildman–Crippen MR) is 140 cm³/mol. The first-order valence-electron chi connectivity index (χ1n) is 10.1. The van der Waals surface area contributed by atoms with Crippen LogP contribution in [0.15, 0.2) is 65.6 Å². The number of ether oxygens (including phenoxy) is 2. The maximum atomic E-state index is 13.3. The summed E-state index contributed by atoms with van der Waals surface area (Å²) in [4.78, 5) is 39.2. The molecule has 0 radical (unpaired) electrons. The zero-order valence-electron chi connectivity index (χ0n) is 18.1.